The molecule has 0 bridgehead atoms. The summed E-state index contributed by atoms with van der Waals surface area (Å²) in [5.74, 6) is 2.06. The zero-order valence-electron chi connectivity index (χ0n) is 27.9. The molecule has 0 spiro atoms. The third-order valence-corrected chi connectivity index (χ3v) is 9.33. The number of carbonyl (C=O) groups excluding carboxylic acids is 1. The van der Waals surface area contributed by atoms with Gasteiger partial charge in [-0.1, -0.05) is 26.2 Å². The Morgan fingerprint density at radius 1 is 1.16 bits per heavy atom. The van der Waals surface area contributed by atoms with E-state index in [4.69, 9.17) is 15.1 Å². The van der Waals surface area contributed by atoms with Gasteiger partial charge < -0.3 is 25.0 Å². The molecule has 250 valence electrons. The van der Waals surface area contributed by atoms with Gasteiger partial charge in [0.25, 0.3) is 0 Å². The second kappa shape index (κ2) is 14.7. The number of aliphatic imine (C=N–C) groups is 1. The topological polar surface area (TPSA) is 159 Å². The quantitative estimate of drug-likeness (QED) is 0.193. The molecule has 1 aliphatic heterocycles. The summed E-state index contributed by atoms with van der Waals surface area (Å²) >= 11 is 0. The first kappa shape index (κ1) is 34.4. The molecule has 0 aromatic carbocycles. The minimum atomic E-state index is -1.36. The van der Waals surface area contributed by atoms with Crippen molar-refractivity contribution < 1.29 is 19.4 Å². The van der Waals surface area contributed by atoms with E-state index < -0.39 is 17.5 Å². The van der Waals surface area contributed by atoms with Crippen molar-refractivity contribution in [1.82, 2.24) is 25.1 Å². The van der Waals surface area contributed by atoms with Gasteiger partial charge in [0.1, 0.15) is 11.3 Å². The summed E-state index contributed by atoms with van der Waals surface area (Å²) in [4.78, 5) is 44.2. The molecule has 3 aliphatic rings. The number of hydrogen-bond acceptors (Lipinski definition) is 10. The second-order valence-corrected chi connectivity index (χ2v) is 14.2. The van der Waals surface area contributed by atoms with Crippen molar-refractivity contribution in [3.05, 3.63) is 5.82 Å². The highest BCUT2D eigenvalue weighted by atomic mass is 16.6. The molecule has 1 saturated heterocycles. The Morgan fingerprint density at radius 2 is 1.84 bits per heavy atom. The Morgan fingerprint density at radius 3 is 2.40 bits per heavy atom. The van der Waals surface area contributed by atoms with Gasteiger partial charge in [0.05, 0.1) is 6.67 Å². The van der Waals surface area contributed by atoms with Crippen LogP contribution in [0.4, 0.5) is 26.9 Å². The van der Waals surface area contributed by atoms with Crippen LogP contribution in [0.15, 0.2) is 4.99 Å². The average Bonchev–Trinajstić information content (AvgIpc) is 2.91. The molecule has 2 amide bonds. The fraction of sp³-hybridized carbons (Fsp3) is 0.750. The van der Waals surface area contributed by atoms with Gasteiger partial charge in [-0.25, -0.2) is 24.5 Å². The average molecular weight is 628 g/mol. The summed E-state index contributed by atoms with van der Waals surface area (Å²) in [5, 5.41) is 23.2. The van der Waals surface area contributed by atoms with Gasteiger partial charge in [0.2, 0.25) is 0 Å². The highest BCUT2D eigenvalue weighted by molar-refractivity contribution is 6.02. The van der Waals surface area contributed by atoms with Gasteiger partial charge in [-0.3, -0.25) is 15.6 Å². The van der Waals surface area contributed by atoms with Crippen LogP contribution < -0.4 is 15.5 Å². The van der Waals surface area contributed by atoms with Gasteiger partial charge >= 0.3 is 12.2 Å². The molecule has 2 heterocycles. The highest BCUT2D eigenvalue weighted by Gasteiger charge is 2.34. The second-order valence-electron chi connectivity index (χ2n) is 14.2. The molecule has 45 heavy (non-hydrogen) atoms. The van der Waals surface area contributed by atoms with E-state index in [9.17, 15) is 14.7 Å². The predicted molar refractivity (Wildman–Crippen MR) is 177 cm³/mol. The smallest absolute Gasteiger partial charge is 0.410 e. The fourth-order valence-electron chi connectivity index (χ4n) is 6.53. The highest BCUT2D eigenvalue weighted by Crippen LogP contribution is 2.39. The van der Waals surface area contributed by atoms with Crippen LogP contribution in [0.5, 0.6) is 0 Å². The first-order chi connectivity index (χ1) is 21.2. The first-order valence-electron chi connectivity index (χ1n) is 16.4. The lowest BCUT2D eigenvalue weighted by Crippen LogP contribution is -2.57. The molecule has 2 saturated carbocycles. The van der Waals surface area contributed by atoms with Crippen molar-refractivity contribution in [1.29, 1.82) is 5.41 Å². The summed E-state index contributed by atoms with van der Waals surface area (Å²) in [6, 6.07) is 0.0784. The maximum atomic E-state index is 12.9. The Kier molecular flexibility index (Phi) is 11.3. The molecule has 13 nitrogen and oxygen atoms in total. The number of nitrogens with one attached hydrogen (secondary N) is 3. The number of carboxylic acid groups (broad SMARTS) is 1. The number of ether oxygens (including phenoxy) is 1. The lowest BCUT2D eigenvalue weighted by atomic mass is 9.80. The maximum Gasteiger partial charge on any atom is 0.410 e. The Balaban J connectivity index is 1.66. The first-order valence-corrected chi connectivity index (χ1v) is 16.4. The number of rotatable bonds is 10. The van der Waals surface area contributed by atoms with Gasteiger partial charge in [0, 0.05) is 38.3 Å². The molecule has 0 radical (unpaired) electrons. The van der Waals surface area contributed by atoms with E-state index in [0.717, 1.165) is 38.1 Å². The van der Waals surface area contributed by atoms with E-state index in [2.05, 4.69) is 51.0 Å². The van der Waals surface area contributed by atoms with Crippen molar-refractivity contribution in [3.8, 4) is 0 Å². The summed E-state index contributed by atoms with van der Waals surface area (Å²) in [5.41, 5.74) is 0.155. The van der Waals surface area contributed by atoms with Crippen LogP contribution in [0, 0.1) is 23.2 Å². The molecular weight excluding hydrogens is 574 g/mol. The summed E-state index contributed by atoms with van der Waals surface area (Å²) in [7, 11) is 0. The van der Waals surface area contributed by atoms with Crippen molar-refractivity contribution in [2.75, 3.05) is 43.1 Å². The van der Waals surface area contributed by atoms with Gasteiger partial charge in [-0.15, -0.1) is 0 Å². The number of anilines is 2. The van der Waals surface area contributed by atoms with Crippen molar-refractivity contribution >= 4 is 42.1 Å². The monoisotopic (exact) mass is 627 g/mol. The molecule has 0 unspecified atom stereocenters. The standard InChI is InChI=1S/C32H53N9O4/c1-20-11-13-23(14-12-20)18-40(19-39-15-16-41(21(2)17-39)31(44)45-32(4,5)6)25-27(34-7)37-29(26(33)36-30(42)43)38-28(25)35-22(3)24-9-8-10-24/h20-24H,7-19H2,1-6H3,(H2,33,36)(H,42,43)(H,35,37,38)/t20?,21-,22+,23?/m0/s1. The van der Waals surface area contributed by atoms with Crippen LogP contribution in [0.2, 0.25) is 0 Å². The van der Waals surface area contributed by atoms with E-state index in [1.54, 1.807) is 4.90 Å². The molecule has 2 atom stereocenters. The van der Waals surface area contributed by atoms with Crippen molar-refractivity contribution in [3.63, 3.8) is 0 Å². The molecule has 3 fully saturated rings. The molecule has 13 heteroatoms. The van der Waals surface area contributed by atoms with Gasteiger partial charge in [-0.2, -0.15) is 0 Å². The van der Waals surface area contributed by atoms with Gasteiger partial charge in [-0.05, 0) is 84.8 Å². The number of amidine groups is 1. The van der Waals surface area contributed by atoms with Gasteiger partial charge in [0.15, 0.2) is 23.3 Å². The zero-order chi connectivity index (χ0) is 32.9. The van der Waals surface area contributed by atoms with Crippen LogP contribution in [0.1, 0.15) is 92.3 Å². The molecule has 1 aromatic rings. The molecule has 2 aliphatic carbocycles. The number of nitrogens with zero attached hydrogens (tertiary/aromatic N) is 6. The van der Waals surface area contributed by atoms with Crippen molar-refractivity contribution in [2.24, 2.45) is 22.7 Å². The summed E-state index contributed by atoms with van der Waals surface area (Å²) in [6.07, 6.45) is 6.45. The lowest BCUT2D eigenvalue weighted by Gasteiger charge is -2.43. The van der Waals surface area contributed by atoms with E-state index in [0.29, 0.717) is 55.5 Å². The van der Waals surface area contributed by atoms with Crippen LogP contribution in [-0.4, -0.2) is 100 Å². The molecule has 1 aromatic heterocycles. The van der Waals surface area contributed by atoms with Crippen LogP contribution in [0.25, 0.3) is 0 Å². The number of aromatic nitrogens is 2. The normalized spacial score (nSPS) is 23.4. The van der Waals surface area contributed by atoms with Crippen LogP contribution >= 0.6 is 0 Å². The van der Waals surface area contributed by atoms with Crippen LogP contribution in [-0.2, 0) is 4.74 Å². The summed E-state index contributed by atoms with van der Waals surface area (Å²) in [6.45, 7) is 19.2. The number of piperazine rings is 1. The lowest BCUT2D eigenvalue weighted by molar-refractivity contribution is 0.00144. The maximum absolute atomic E-state index is 12.9. The fourth-order valence-corrected chi connectivity index (χ4v) is 6.53. The molecule has 4 N–H and O–H groups in total. The Bertz CT molecular complexity index is 1220. The summed E-state index contributed by atoms with van der Waals surface area (Å²) < 4.78 is 5.67. The number of hydrogen-bond donors (Lipinski definition) is 4. The number of carbonyl (C=O) groups is 2. The molecule has 4 rings (SSSR count). The minimum absolute atomic E-state index is 0.0413. The molecular formula is C32H53N9O4. The van der Waals surface area contributed by atoms with E-state index in [-0.39, 0.29) is 24.0 Å². The SMILES string of the molecule is C=Nc1nc(C(=N)NC(=O)O)nc(N[C@H](C)C2CCC2)c1N(CC1CCC(C)CC1)CN1CCN(C(=O)OC(C)(C)C)[C@@H](C)C1. The third-order valence-electron chi connectivity index (χ3n) is 9.33. The largest absolute Gasteiger partial charge is 0.465 e. The minimum Gasteiger partial charge on any atom is -0.465 e. The van der Waals surface area contributed by atoms with Crippen molar-refractivity contribution in [2.45, 2.75) is 104 Å². The van der Waals surface area contributed by atoms with E-state index in [1.807, 2.05) is 27.7 Å². The Hall–Kier alpha value is -3.48. The Labute approximate surface area is 267 Å². The van der Waals surface area contributed by atoms with Crippen LogP contribution in [0.3, 0.4) is 0 Å². The van der Waals surface area contributed by atoms with E-state index >= 15 is 0 Å². The third kappa shape index (κ3) is 9.27. The predicted octanol–water partition coefficient (Wildman–Crippen LogP) is 5.53. The number of amides is 2. The van der Waals surface area contributed by atoms with E-state index in [1.165, 1.54) is 19.3 Å². The zero-order valence-corrected chi connectivity index (χ0v) is 27.9.